The lowest BCUT2D eigenvalue weighted by Gasteiger charge is -2.24. The van der Waals surface area contributed by atoms with Crippen molar-refractivity contribution in [3.8, 4) is 0 Å². The molecule has 0 bridgehead atoms. The van der Waals surface area contributed by atoms with E-state index in [4.69, 9.17) is 11.6 Å². The number of amides is 1. The Hall–Kier alpha value is -1.85. The predicted octanol–water partition coefficient (Wildman–Crippen LogP) is 2.67. The molecule has 3 rings (SSSR count). The fourth-order valence-corrected chi connectivity index (χ4v) is 3.09. The van der Waals surface area contributed by atoms with E-state index < -0.39 is 0 Å². The summed E-state index contributed by atoms with van der Waals surface area (Å²) < 4.78 is 0. The second-order valence-corrected chi connectivity index (χ2v) is 6.13. The van der Waals surface area contributed by atoms with Crippen molar-refractivity contribution in [3.63, 3.8) is 0 Å². The van der Waals surface area contributed by atoms with Crippen LogP contribution in [0.25, 0.3) is 10.8 Å². The van der Waals surface area contributed by atoms with Gasteiger partial charge >= 0.3 is 0 Å². The number of benzene rings is 1. The summed E-state index contributed by atoms with van der Waals surface area (Å²) in [4.78, 5) is 26.6. The highest BCUT2D eigenvalue weighted by Gasteiger charge is 2.25. The van der Waals surface area contributed by atoms with E-state index in [0.717, 1.165) is 5.39 Å². The van der Waals surface area contributed by atoms with Crippen molar-refractivity contribution >= 4 is 34.0 Å². The number of H-pyrrole nitrogens is 1. The Balaban J connectivity index is 1.83. The van der Waals surface area contributed by atoms with E-state index in [1.165, 1.54) is 0 Å². The normalized spacial score (nSPS) is 21.7. The summed E-state index contributed by atoms with van der Waals surface area (Å²) in [6.45, 7) is 0. The van der Waals surface area contributed by atoms with Crippen LogP contribution >= 0.6 is 11.6 Å². The second kappa shape index (κ2) is 6.10. The second-order valence-electron chi connectivity index (χ2n) is 5.72. The predicted molar refractivity (Wildman–Crippen MR) is 86.2 cm³/mol. The van der Waals surface area contributed by atoms with E-state index in [2.05, 4.69) is 10.3 Å². The highest BCUT2D eigenvalue weighted by molar-refractivity contribution is 6.34. The number of aromatic amines is 1. The third kappa shape index (κ3) is 3.00. The molecular formula is C16H17ClN2O3. The van der Waals surface area contributed by atoms with Gasteiger partial charge in [0, 0.05) is 17.5 Å². The van der Waals surface area contributed by atoms with Crippen LogP contribution < -0.4 is 10.9 Å². The highest BCUT2D eigenvalue weighted by Crippen LogP contribution is 2.29. The zero-order valence-corrected chi connectivity index (χ0v) is 12.7. The van der Waals surface area contributed by atoms with Crippen LogP contribution in [-0.2, 0) is 4.79 Å². The molecule has 0 atom stereocenters. The Morgan fingerprint density at radius 1 is 1.27 bits per heavy atom. The molecule has 1 heterocycles. The third-order valence-corrected chi connectivity index (χ3v) is 4.50. The monoisotopic (exact) mass is 320 g/mol. The van der Waals surface area contributed by atoms with Crippen LogP contribution in [0.3, 0.4) is 0 Å². The minimum absolute atomic E-state index is 0.0852. The van der Waals surface area contributed by atoms with E-state index in [9.17, 15) is 14.7 Å². The van der Waals surface area contributed by atoms with Gasteiger partial charge in [-0.3, -0.25) is 9.59 Å². The molecule has 1 aromatic heterocycles. The number of hydrogen-bond acceptors (Lipinski definition) is 3. The smallest absolute Gasteiger partial charge is 0.255 e. The van der Waals surface area contributed by atoms with Crippen molar-refractivity contribution in [2.24, 2.45) is 5.92 Å². The van der Waals surface area contributed by atoms with Crippen LogP contribution in [0.5, 0.6) is 0 Å². The van der Waals surface area contributed by atoms with Crippen molar-refractivity contribution in [3.05, 3.63) is 39.8 Å². The molecular weight excluding hydrogens is 304 g/mol. The van der Waals surface area contributed by atoms with Gasteiger partial charge in [0.05, 0.1) is 16.8 Å². The summed E-state index contributed by atoms with van der Waals surface area (Å²) in [6, 6.07) is 5.04. The molecule has 1 saturated carbocycles. The summed E-state index contributed by atoms with van der Waals surface area (Å²) in [5.74, 6) is -0.188. The SMILES string of the molecule is O=C(Nc1cc2cc[nH]c(=O)c2cc1Cl)C1CCC(O)CC1. The van der Waals surface area contributed by atoms with Crippen molar-refractivity contribution in [2.45, 2.75) is 31.8 Å². The van der Waals surface area contributed by atoms with Crippen LogP contribution in [0.1, 0.15) is 25.7 Å². The molecule has 0 saturated heterocycles. The molecule has 2 aromatic rings. The number of aromatic nitrogens is 1. The fraction of sp³-hybridized carbons (Fsp3) is 0.375. The third-order valence-electron chi connectivity index (χ3n) is 4.19. The largest absolute Gasteiger partial charge is 0.393 e. The summed E-state index contributed by atoms with van der Waals surface area (Å²) in [7, 11) is 0. The maximum atomic E-state index is 12.3. The van der Waals surface area contributed by atoms with Crippen LogP contribution in [0, 0.1) is 5.92 Å². The number of rotatable bonds is 2. The maximum absolute atomic E-state index is 12.3. The molecule has 1 aliphatic carbocycles. The molecule has 1 fully saturated rings. The van der Waals surface area contributed by atoms with Crippen LogP contribution in [-0.4, -0.2) is 22.1 Å². The first-order valence-corrected chi connectivity index (χ1v) is 7.72. The average Bonchev–Trinajstić information content (AvgIpc) is 2.50. The lowest BCUT2D eigenvalue weighted by molar-refractivity contribution is -0.121. The summed E-state index contributed by atoms with van der Waals surface area (Å²) in [5, 5.41) is 13.9. The Labute approximate surface area is 132 Å². The first-order chi connectivity index (χ1) is 10.5. The molecule has 1 aliphatic rings. The molecule has 22 heavy (non-hydrogen) atoms. The zero-order chi connectivity index (χ0) is 15.7. The van der Waals surface area contributed by atoms with Gasteiger partial charge in [0.1, 0.15) is 0 Å². The van der Waals surface area contributed by atoms with E-state index in [1.807, 2.05) is 0 Å². The number of nitrogens with one attached hydrogen (secondary N) is 2. The molecule has 6 heteroatoms. The summed E-state index contributed by atoms with van der Waals surface area (Å²) in [5.41, 5.74) is 0.300. The fourth-order valence-electron chi connectivity index (χ4n) is 2.88. The van der Waals surface area contributed by atoms with Gasteiger partial charge in [0.2, 0.25) is 5.91 Å². The first kappa shape index (κ1) is 15.1. The number of carbonyl (C=O) groups excluding carboxylic acids is 1. The van der Waals surface area contributed by atoms with Gasteiger partial charge < -0.3 is 15.4 Å². The summed E-state index contributed by atoms with van der Waals surface area (Å²) >= 11 is 6.17. The number of carbonyl (C=O) groups is 1. The maximum Gasteiger partial charge on any atom is 0.255 e. The Morgan fingerprint density at radius 3 is 2.73 bits per heavy atom. The van der Waals surface area contributed by atoms with Gasteiger partial charge in [0.25, 0.3) is 5.56 Å². The number of halogens is 1. The van der Waals surface area contributed by atoms with Crippen LogP contribution in [0.15, 0.2) is 29.2 Å². The molecule has 0 aliphatic heterocycles. The molecule has 1 aromatic carbocycles. The standard InChI is InChI=1S/C16H17ClN2O3/c17-13-8-12-10(5-6-18-16(12)22)7-14(13)19-15(21)9-1-3-11(20)4-2-9/h5-9,11,20H,1-4H2,(H,18,22)(H,19,21). The molecule has 3 N–H and O–H groups in total. The quantitative estimate of drug-likeness (QED) is 0.795. The minimum atomic E-state index is -0.292. The van der Waals surface area contributed by atoms with E-state index in [-0.39, 0.29) is 23.5 Å². The van der Waals surface area contributed by atoms with Crippen LogP contribution in [0.4, 0.5) is 5.69 Å². The first-order valence-electron chi connectivity index (χ1n) is 7.34. The molecule has 0 spiro atoms. The Kier molecular flexibility index (Phi) is 4.18. The van der Waals surface area contributed by atoms with Crippen molar-refractivity contribution in [2.75, 3.05) is 5.32 Å². The number of pyridine rings is 1. The Bertz CT molecular complexity index is 764. The van der Waals surface area contributed by atoms with Gasteiger partial charge in [-0.15, -0.1) is 0 Å². The topological polar surface area (TPSA) is 82.2 Å². The van der Waals surface area contributed by atoms with Crippen molar-refractivity contribution in [1.29, 1.82) is 0 Å². The van der Waals surface area contributed by atoms with E-state index in [1.54, 1.807) is 24.4 Å². The average molecular weight is 321 g/mol. The van der Waals surface area contributed by atoms with E-state index in [0.29, 0.717) is 41.8 Å². The van der Waals surface area contributed by atoms with Gasteiger partial charge in [-0.25, -0.2) is 0 Å². The number of anilines is 1. The number of fused-ring (bicyclic) bond motifs is 1. The molecule has 1 amide bonds. The molecule has 5 nitrogen and oxygen atoms in total. The van der Waals surface area contributed by atoms with Gasteiger partial charge in [-0.05, 0) is 49.3 Å². The Morgan fingerprint density at radius 2 is 2.00 bits per heavy atom. The molecule has 0 radical (unpaired) electrons. The molecule has 0 unspecified atom stereocenters. The van der Waals surface area contributed by atoms with Gasteiger partial charge in [0.15, 0.2) is 0 Å². The minimum Gasteiger partial charge on any atom is -0.393 e. The number of aliphatic hydroxyl groups is 1. The lowest BCUT2D eigenvalue weighted by atomic mass is 9.87. The van der Waals surface area contributed by atoms with Crippen molar-refractivity contribution in [1.82, 2.24) is 4.98 Å². The van der Waals surface area contributed by atoms with Gasteiger partial charge in [-0.2, -0.15) is 0 Å². The zero-order valence-electron chi connectivity index (χ0n) is 11.9. The van der Waals surface area contributed by atoms with E-state index >= 15 is 0 Å². The highest BCUT2D eigenvalue weighted by atomic mass is 35.5. The van der Waals surface area contributed by atoms with Crippen LogP contribution in [0.2, 0.25) is 5.02 Å². The number of aliphatic hydroxyl groups excluding tert-OH is 1. The summed E-state index contributed by atoms with van der Waals surface area (Å²) in [6.07, 6.45) is 3.93. The van der Waals surface area contributed by atoms with Crippen molar-refractivity contribution < 1.29 is 9.90 Å². The van der Waals surface area contributed by atoms with Gasteiger partial charge in [-0.1, -0.05) is 11.6 Å². The molecule has 116 valence electrons. The lowest BCUT2D eigenvalue weighted by Crippen LogP contribution is -2.28. The number of hydrogen-bond donors (Lipinski definition) is 3.